The van der Waals surface area contributed by atoms with Crippen LogP contribution in [0, 0.1) is 0 Å². The molecule has 0 fully saturated rings. The third kappa shape index (κ3) is 2.47. The zero-order valence-electron chi connectivity index (χ0n) is 11.3. The van der Waals surface area contributed by atoms with Gasteiger partial charge in [0.1, 0.15) is 4.90 Å². The van der Waals surface area contributed by atoms with E-state index in [9.17, 15) is 8.42 Å². The molecule has 110 valence electrons. The van der Waals surface area contributed by atoms with Gasteiger partial charge >= 0.3 is 0 Å². The Hall–Kier alpha value is -1.72. The zero-order chi connectivity index (χ0) is 15.0. The van der Waals surface area contributed by atoms with E-state index in [1.165, 1.54) is 16.4 Å². The number of hydrogen-bond donors (Lipinski definition) is 1. The third-order valence-corrected chi connectivity index (χ3v) is 5.89. The summed E-state index contributed by atoms with van der Waals surface area (Å²) in [6, 6.07) is 12.1. The monoisotopic (exact) mass is 322 g/mol. The summed E-state index contributed by atoms with van der Waals surface area (Å²) >= 11 is 6.07. The molecule has 0 bridgehead atoms. The van der Waals surface area contributed by atoms with Gasteiger partial charge in [0.25, 0.3) is 10.0 Å². The van der Waals surface area contributed by atoms with Gasteiger partial charge in [-0.15, -0.1) is 0 Å². The fourth-order valence-electron chi connectivity index (χ4n) is 2.59. The molecule has 2 aromatic rings. The summed E-state index contributed by atoms with van der Waals surface area (Å²) in [5.74, 6) is 0. The molecule has 1 heterocycles. The van der Waals surface area contributed by atoms with Crippen LogP contribution < -0.4 is 10.0 Å². The summed E-state index contributed by atoms with van der Waals surface area (Å²) in [7, 11) is -3.71. The number of fused-ring (bicyclic) bond motifs is 1. The van der Waals surface area contributed by atoms with Gasteiger partial charge in [0.05, 0.1) is 10.7 Å². The predicted molar refractivity (Wildman–Crippen MR) is 85.2 cm³/mol. The largest absolute Gasteiger partial charge is 0.399 e. The molecule has 0 radical (unpaired) electrons. The van der Waals surface area contributed by atoms with E-state index in [1.54, 1.807) is 6.07 Å². The summed E-state index contributed by atoms with van der Waals surface area (Å²) in [4.78, 5) is 0.0564. The Morgan fingerprint density at radius 3 is 2.71 bits per heavy atom. The van der Waals surface area contributed by atoms with Crippen LogP contribution in [-0.2, 0) is 16.4 Å². The van der Waals surface area contributed by atoms with Gasteiger partial charge in [-0.3, -0.25) is 4.31 Å². The van der Waals surface area contributed by atoms with E-state index in [0.29, 0.717) is 12.2 Å². The van der Waals surface area contributed by atoms with Gasteiger partial charge < -0.3 is 5.73 Å². The van der Waals surface area contributed by atoms with E-state index in [0.717, 1.165) is 24.1 Å². The topological polar surface area (TPSA) is 63.4 Å². The van der Waals surface area contributed by atoms with E-state index in [4.69, 9.17) is 17.3 Å². The molecule has 0 atom stereocenters. The van der Waals surface area contributed by atoms with Gasteiger partial charge in [-0.1, -0.05) is 29.8 Å². The third-order valence-electron chi connectivity index (χ3n) is 3.59. The maximum Gasteiger partial charge on any atom is 0.265 e. The summed E-state index contributed by atoms with van der Waals surface area (Å²) in [6.45, 7) is 0.449. The van der Waals surface area contributed by atoms with Crippen LogP contribution in [-0.4, -0.2) is 15.0 Å². The fraction of sp³-hybridized carbons (Fsp3) is 0.200. The molecule has 21 heavy (non-hydrogen) atoms. The zero-order valence-corrected chi connectivity index (χ0v) is 12.9. The summed E-state index contributed by atoms with van der Waals surface area (Å²) in [6.07, 6.45) is 1.67. The van der Waals surface area contributed by atoms with Crippen molar-refractivity contribution in [3.63, 3.8) is 0 Å². The van der Waals surface area contributed by atoms with Crippen molar-refractivity contribution in [1.82, 2.24) is 0 Å². The normalized spacial score (nSPS) is 14.8. The second-order valence-electron chi connectivity index (χ2n) is 5.00. The van der Waals surface area contributed by atoms with E-state index >= 15 is 0 Å². The van der Waals surface area contributed by atoms with Crippen molar-refractivity contribution in [2.45, 2.75) is 17.7 Å². The lowest BCUT2D eigenvalue weighted by atomic mass is 10.0. The number of rotatable bonds is 2. The molecule has 0 saturated carbocycles. The number of sulfonamides is 1. The molecule has 0 amide bonds. The lowest BCUT2D eigenvalue weighted by molar-refractivity contribution is 0.586. The molecule has 1 aliphatic rings. The van der Waals surface area contributed by atoms with Crippen LogP contribution in [0.4, 0.5) is 11.4 Å². The van der Waals surface area contributed by atoms with Crippen molar-refractivity contribution in [3.05, 3.63) is 53.1 Å². The van der Waals surface area contributed by atoms with E-state index in [-0.39, 0.29) is 9.92 Å². The first-order valence-corrected chi connectivity index (χ1v) is 8.47. The number of benzene rings is 2. The summed E-state index contributed by atoms with van der Waals surface area (Å²) in [5, 5.41) is 0.187. The number of nitrogens with two attached hydrogens (primary N) is 1. The maximum absolute atomic E-state index is 12.9. The van der Waals surface area contributed by atoms with Crippen molar-refractivity contribution in [2.75, 3.05) is 16.6 Å². The van der Waals surface area contributed by atoms with Gasteiger partial charge in [0.15, 0.2) is 0 Å². The highest BCUT2D eigenvalue weighted by Crippen LogP contribution is 2.34. The number of anilines is 2. The van der Waals surface area contributed by atoms with Crippen LogP contribution in [0.15, 0.2) is 47.4 Å². The highest BCUT2D eigenvalue weighted by molar-refractivity contribution is 7.93. The highest BCUT2D eigenvalue weighted by Gasteiger charge is 2.30. The van der Waals surface area contributed by atoms with Crippen LogP contribution in [0.3, 0.4) is 0 Å². The van der Waals surface area contributed by atoms with Crippen molar-refractivity contribution in [3.8, 4) is 0 Å². The predicted octanol–water partition coefficient (Wildman–Crippen LogP) is 3.06. The molecule has 0 spiro atoms. The fourth-order valence-corrected chi connectivity index (χ4v) is 4.64. The average molecular weight is 323 g/mol. The minimum Gasteiger partial charge on any atom is -0.399 e. The molecule has 1 aliphatic heterocycles. The van der Waals surface area contributed by atoms with Crippen LogP contribution in [0.1, 0.15) is 12.0 Å². The summed E-state index contributed by atoms with van der Waals surface area (Å²) < 4.78 is 27.2. The molecule has 0 aliphatic carbocycles. The maximum atomic E-state index is 12.9. The lowest BCUT2D eigenvalue weighted by Gasteiger charge is -2.30. The molecule has 4 nitrogen and oxygen atoms in total. The van der Waals surface area contributed by atoms with Gasteiger partial charge in [0.2, 0.25) is 0 Å². The minimum absolute atomic E-state index is 0.0564. The smallest absolute Gasteiger partial charge is 0.265 e. The lowest BCUT2D eigenvalue weighted by Crippen LogP contribution is -2.35. The highest BCUT2D eigenvalue weighted by atomic mass is 35.5. The molecule has 0 unspecified atom stereocenters. The molecule has 2 aromatic carbocycles. The SMILES string of the molecule is Nc1ccc(Cl)c(S(=O)(=O)N2CCCc3ccccc32)c1. The Morgan fingerprint density at radius 1 is 1.14 bits per heavy atom. The van der Waals surface area contributed by atoms with Crippen LogP contribution in [0.2, 0.25) is 5.02 Å². The van der Waals surface area contributed by atoms with Crippen LogP contribution in [0.5, 0.6) is 0 Å². The van der Waals surface area contributed by atoms with E-state index in [2.05, 4.69) is 0 Å². The van der Waals surface area contributed by atoms with Gasteiger partial charge in [-0.2, -0.15) is 0 Å². The Kier molecular flexibility index (Phi) is 3.55. The minimum atomic E-state index is -3.71. The average Bonchev–Trinajstić information content (AvgIpc) is 2.49. The van der Waals surface area contributed by atoms with Gasteiger partial charge in [-0.05, 0) is 42.7 Å². The van der Waals surface area contributed by atoms with Crippen molar-refractivity contribution >= 4 is 33.0 Å². The Balaban J connectivity index is 2.14. The Labute approximate surface area is 129 Å². The number of halogens is 1. The van der Waals surface area contributed by atoms with Crippen molar-refractivity contribution in [1.29, 1.82) is 0 Å². The quantitative estimate of drug-likeness (QED) is 0.864. The first-order chi connectivity index (χ1) is 10.00. The van der Waals surface area contributed by atoms with Crippen molar-refractivity contribution in [2.24, 2.45) is 0 Å². The number of nitrogens with zero attached hydrogens (tertiary/aromatic N) is 1. The van der Waals surface area contributed by atoms with Gasteiger partial charge in [-0.25, -0.2) is 8.42 Å². The number of para-hydroxylation sites is 1. The number of nitrogen functional groups attached to an aromatic ring is 1. The number of aryl methyl sites for hydroxylation is 1. The molecule has 3 rings (SSSR count). The molecular formula is C15H15ClN2O2S. The first-order valence-electron chi connectivity index (χ1n) is 6.66. The van der Waals surface area contributed by atoms with E-state index in [1.807, 2.05) is 24.3 Å². The Morgan fingerprint density at radius 2 is 1.90 bits per heavy atom. The van der Waals surface area contributed by atoms with Gasteiger partial charge in [0, 0.05) is 12.2 Å². The molecule has 6 heteroatoms. The van der Waals surface area contributed by atoms with Crippen LogP contribution in [0.25, 0.3) is 0 Å². The second-order valence-corrected chi connectivity index (χ2v) is 7.24. The molecule has 2 N–H and O–H groups in total. The summed E-state index contributed by atoms with van der Waals surface area (Å²) in [5.41, 5.74) is 7.84. The standard InChI is InChI=1S/C15H15ClN2O2S/c16-13-8-7-12(17)10-15(13)21(19,20)18-9-3-5-11-4-1-2-6-14(11)18/h1-2,4,6-8,10H,3,5,9,17H2. The molecule has 0 aromatic heterocycles. The Bertz CT molecular complexity index is 790. The second kappa shape index (κ2) is 5.24. The van der Waals surface area contributed by atoms with Crippen LogP contribution >= 0.6 is 11.6 Å². The molecule has 0 saturated heterocycles. The molecular weight excluding hydrogens is 308 g/mol. The van der Waals surface area contributed by atoms with Crippen molar-refractivity contribution < 1.29 is 8.42 Å². The van der Waals surface area contributed by atoms with E-state index < -0.39 is 10.0 Å². The number of hydrogen-bond acceptors (Lipinski definition) is 3. The first kappa shape index (κ1) is 14.2.